The van der Waals surface area contributed by atoms with Gasteiger partial charge in [-0.25, -0.2) is 0 Å². The summed E-state index contributed by atoms with van der Waals surface area (Å²) < 4.78 is 5.25. The van der Waals surface area contributed by atoms with Crippen LogP contribution in [0.3, 0.4) is 0 Å². The van der Waals surface area contributed by atoms with Crippen LogP contribution in [-0.4, -0.2) is 16.7 Å². The lowest BCUT2D eigenvalue weighted by Crippen LogP contribution is -2.04. The van der Waals surface area contributed by atoms with Gasteiger partial charge in [0.2, 0.25) is 11.7 Å². The first-order valence-corrected chi connectivity index (χ1v) is 7.45. The quantitative estimate of drug-likeness (QED) is 0.770. The van der Waals surface area contributed by atoms with Crippen LogP contribution in [0, 0.1) is 11.3 Å². The van der Waals surface area contributed by atoms with Crippen LogP contribution >= 0.6 is 11.6 Å². The molecule has 23 heavy (non-hydrogen) atoms. The molecule has 3 aromatic rings. The van der Waals surface area contributed by atoms with E-state index in [0.29, 0.717) is 35.3 Å². The number of nitrogens with zero attached hydrogens (tertiary/aromatic N) is 3. The van der Waals surface area contributed by atoms with Crippen molar-refractivity contribution >= 4 is 17.3 Å². The summed E-state index contributed by atoms with van der Waals surface area (Å²) in [6.45, 7) is 0.661. The highest BCUT2D eigenvalue weighted by Crippen LogP contribution is 2.18. The standard InChI is InChI=1S/C17H13ClN4O/c18-14-5-3-13(4-6-14)17-21-16(23-22-17)9-10-20-15-7-1-12(11-19)2-8-15/h1-8,20H,9-10H2. The lowest BCUT2D eigenvalue weighted by atomic mass is 10.2. The zero-order chi connectivity index (χ0) is 16.1. The molecule has 0 aliphatic carbocycles. The van der Waals surface area contributed by atoms with Gasteiger partial charge in [0.1, 0.15) is 0 Å². The highest BCUT2D eigenvalue weighted by atomic mass is 35.5. The van der Waals surface area contributed by atoms with E-state index in [2.05, 4.69) is 21.5 Å². The molecular weight excluding hydrogens is 312 g/mol. The molecule has 5 nitrogen and oxygen atoms in total. The van der Waals surface area contributed by atoms with Crippen LogP contribution in [0.2, 0.25) is 5.02 Å². The van der Waals surface area contributed by atoms with Gasteiger partial charge in [0.25, 0.3) is 0 Å². The number of hydrogen-bond acceptors (Lipinski definition) is 5. The van der Waals surface area contributed by atoms with E-state index in [1.807, 2.05) is 24.3 Å². The van der Waals surface area contributed by atoms with Gasteiger partial charge in [0.15, 0.2) is 0 Å². The summed E-state index contributed by atoms with van der Waals surface area (Å²) in [4.78, 5) is 4.36. The minimum absolute atomic E-state index is 0.551. The maximum atomic E-state index is 8.76. The van der Waals surface area contributed by atoms with Crippen molar-refractivity contribution in [2.45, 2.75) is 6.42 Å². The average Bonchev–Trinajstić information content (AvgIpc) is 3.05. The van der Waals surface area contributed by atoms with E-state index in [0.717, 1.165) is 11.3 Å². The maximum absolute atomic E-state index is 8.76. The third-order valence-electron chi connectivity index (χ3n) is 3.25. The van der Waals surface area contributed by atoms with E-state index in [1.165, 1.54) is 0 Å². The number of nitrogens with one attached hydrogen (secondary N) is 1. The molecule has 0 fully saturated rings. The zero-order valence-electron chi connectivity index (χ0n) is 12.2. The minimum atomic E-state index is 0.551. The van der Waals surface area contributed by atoms with Gasteiger partial charge >= 0.3 is 0 Å². The molecule has 0 saturated carbocycles. The van der Waals surface area contributed by atoms with Crippen LogP contribution in [0.4, 0.5) is 5.69 Å². The van der Waals surface area contributed by atoms with Crippen molar-refractivity contribution in [3.8, 4) is 17.5 Å². The fraction of sp³-hybridized carbons (Fsp3) is 0.118. The summed E-state index contributed by atoms with van der Waals surface area (Å²) in [5.74, 6) is 1.12. The molecule has 0 radical (unpaired) electrons. The van der Waals surface area contributed by atoms with Crippen LogP contribution in [0.15, 0.2) is 53.1 Å². The van der Waals surface area contributed by atoms with Crippen molar-refractivity contribution in [2.24, 2.45) is 0 Å². The summed E-state index contributed by atoms with van der Waals surface area (Å²) >= 11 is 5.86. The molecule has 0 aliphatic heterocycles. The summed E-state index contributed by atoms with van der Waals surface area (Å²) in [6.07, 6.45) is 0.612. The predicted molar refractivity (Wildman–Crippen MR) is 88.1 cm³/mol. The highest BCUT2D eigenvalue weighted by Gasteiger charge is 2.08. The van der Waals surface area contributed by atoms with E-state index in [4.69, 9.17) is 21.4 Å². The normalized spacial score (nSPS) is 10.3. The Bertz CT molecular complexity index is 819. The van der Waals surface area contributed by atoms with Crippen molar-refractivity contribution in [1.82, 2.24) is 10.1 Å². The number of hydrogen-bond donors (Lipinski definition) is 1. The molecule has 0 amide bonds. The first-order chi connectivity index (χ1) is 11.2. The molecule has 1 N–H and O–H groups in total. The van der Waals surface area contributed by atoms with Crippen molar-refractivity contribution in [2.75, 3.05) is 11.9 Å². The Balaban J connectivity index is 1.56. The van der Waals surface area contributed by atoms with E-state index in [1.54, 1.807) is 24.3 Å². The van der Waals surface area contributed by atoms with Crippen molar-refractivity contribution < 1.29 is 4.52 Å². The first-order valence-electron chi connectivity index (χ1n) is 7.07. The molecule has 0 bridgehead atoms. The van der Waals surface area contributed by atoms with Gasteiger partial charge in [0.05, 0.1) is 11.6 Å². The van der Waals surface area contributed by atoms with Gasteiger partial charge in [-0.05, 0) is 48.5 Å². The number of aromatic nitrogens is 2. The minimum Gasteiger partial charge on any atom is -0.385 e. The molecule has 0 saturated heterocycles. The van der Waals surface area contributed by atoms with E-state index < -0.39 is 0 Å². The zero-order valence-corrected chi connectivity index (χ0v) is 12.9. The van der Waals surface area contributed by atoms with E-state index >= 15 is 0 Å². The molecule has 0 spiro atoms. The third kappa shape index (κ3) is 3.87. The molecular formula is C17H13ClN4O. The second-order valence-electron chi connectivity index (χ2n) is 4.88. The lowest BCUT2D eigenvalue weighted by molar-refractivity contribution is 0.381. The van der Waals surface area contributed by atoms with Crippen LogP contribution in [-0.2, 0) is 6.42 Å². The van der Waals surface area contributed by atoms with Crippen LogP contribution in [0.5, 0.6) is 0 Å². The second-order valence-corrected chi connectivity index (χ2v) is 5.32. The molecule has 0 unspecified atom stereocenters. The summed E-state index contributed by atoms with van der Waals surface area (Å²) in [5, 5.41) is 16.6. The monoisotopic (exact) mass is 324 g/mol. The Kier molecular flexibility index (Phi) is 4.55. The number of benzene rings is 2. The number of halogens is 1. The third-order valence-corrected chi connectivity index (χ3v) is 3.50. The Morgan fingerprint density at radius 2 is 1.83 bits per heavy atom. The Morgan fingerprint density at radius 3 is 2.52 bits per heavy atom. The largest absolute Gasteiger partial charge is 0.385 e. The fourth-order valence-electron chi connectivity index (χ4n) is 2.05. The Hall–Kier alpha value is -2.84. The van der Waals surface area contributed by atoms with E-state index in [-0.39, 0.29) is 0 Å². The van der Waals surface area contributed by atoms with Crippen molar-refractivity contribution in [3.05, 3.63) is 65.0 Å². The summed E-state index contributed by atoms with van der Waals surface area (Å²) in [5.41, 5.74) is 2.45. The summed E-state index contributed by atoms with van der Waals surface area (Å²) in [6, 6.07) is 16.7. The molecule has 0 atom stereocenters. The fourth-order valence-corrected chi connectivity index (χ4v) is 2.17. The smallest absolute Gasteiger partial charge is 0.228 e. The van der Waals surface area contributed by atoms with Crippen LogP contribution in [0.1, 0.15) is 11.5 Å². The van der Waals surface area contributed by atoms with Gasteiger partial charge in [-0.2, -0.15) is 10.2 Å². The predicted octanol–water partition coefficient (Wildman–Crippen LogP) is 3.92. The topological polar surface area (TPSA) is 74.7 Å². The Morgan fingerprint density at radius 1 is 1.09 bits per heavy atom. The highest BCUT2D eigenvalue weighted by molar-refractivity contribution is 6.30. The Labute approximate surface area is 138 Å². The van der Waals surface area contributed by atoms with Gasteiger partial charge < -0.3 is 9.84 Å². The van der Waals surface area contributed by atoms with Crippen molar-refractivity contribution in [1.29, 1.82) is 5.26 Å². The lowest BCUT2D eigenvalue weighted by Gasteiger charge is -2.03. The molecule has 3 rings (SSSR count). The number of rotatable bonds is 5. The van der Waals surface area contributed by atoms with Gasteiger partial charge in [0, 0.05) is 29.2 Å². The molecule has 1 aromatic heterocycles. The number of nitriles is 1. The molecule has 114 valence electrons. The molecule has 6 heteroatoms. The van der Waals surface area contributed by atoms with E-state index in [9.17, 15) is 0 Å². The summed E-state index contributed by atoms with van der Waals surface area (Å²) in [7, 11) is 0. The second kappa shape index (κ2) is 6.95. The maximum Gasteiger partial charge on any atom is 0.228 e. The van der Waals surface area contributed by atoms with Crippen LogP contribution < -0.4 is 5.32 Å². The SMILES string of the molecule is N#Cc1ccc(NCCc2nc(-c3ccc(Cl)cc3)no2)cc1. The average molecular weight is 325 g/mol. The molecule has 0 aliphatic rings. The first kappa shape index (κ1) is 15.1. The van der Waals surface area contributed by atoms with Crippen molar-refractivity contribution in [3.63, 3.8) is 0 Å². The van der Waals surface area contributed by atoms with Crippen LogP contribution in [0.25, 0.3) is 11.4 Å². The van der Waals surface area contributed by atoms with Gasteiger partial charge in [-0.1, -0.05) is 16.8 Å². The molecule has 1 heterocycles. The van der Waals surface area contributed by atoms with Gasteiger partial charge in [-0.3, -0.25) is 0 Å². The van der Waals surface area contributed by atoms with Gasteiger partial charge in [-0.15, -0.1) is 0 Å². The number of anilines is 1. The molecule has 2 aromatic carbocycles.